The van der Waals surface area contributed by atoms with E-state index in [0.29, 0.717) is 12.4 Å². The number of benzene rings is 2. The fraction of sp³-hybridized carbons (Fsp3) is 0.500. The van der Waals surface area contributed by atoms with Gasteiger partial charge in [-0.05, 0) is 50.5 Å². The van der Waals surface area contributed by atoms with E-state index in [9.17, 15) is 5.11 Å². The highest BCUT2D eigenvalue weighted by atomic mass is 35.5. The number of ether oxygens (including phenoxy) is 2. The van der Waals surface area contributed by atoms with Gasteiger partial charge in [0.25, 0.3) is 0 Å². The van der Waals surface area contributed by atoms with Gasteiger partial charge in [-0.2, -0.15) is 0 Å². The molecule has 0 aliphatic carbocycles. The van der Waals surface area contributed by atoms with Crippen molar-refractivity contribution in [3.63, 3.8) is 0 Å². The summed E-state index contributed by atoms with van der Waals surface area (Å²) in [5, 5.41) is 13.7. The summed E-state index contributed by atoms with van der Waals surface area (Å²) in [5.74, 6) is 2.36. The molecule has 0 bridgehead atoms. The Morgan fingerprint density at radius 2 is 1.90 bits per heavy atom. The highest BCUT2D eigenvalue weighted by Crippen LogP contribution is 2.36. The first-order chi connectivity index (χ1) is 13.9. The van der Waals surface area contributed by atoms with Crippen LogP contribution in [0.3, 0.4) is 0 Å². The van der Waals surface area contributed by atoms with Gasteiger partial charge in [-0.3, -0.25) is 4.90 Å². The van der Waals surface area contributed by atoms with E-state index in [0.717, 1.165) is 42.3 Å². The van der Waals surface area contributed by atoms with Crippen molar-refractivity contribution < 1.29 is 14.6 Å². The van der Waals surface area contributed by atoms with Crippen LogP contribution in [0.1, 0.15) is 56.3 Å². The van der Waals surface area contributed by atoms with Gasteiger partial charge in [-0.1, -0.05) is 32.0 Å². The maximum Gasteiger partial charge on any atom is 0.150 e. The maximum atomic E-state index is 10.1. The van der Waals surface area contributed by atoms with Crippen LogP contribution >= 0.6 is 12.4 Å². The molecule has 0 radical (unpaired) electrons. The molecular formula is C24H35ClN2O3. The summed E-state index contributed by atoms with van der Waals surface area (Å²) in [7, 11) is 0. The third-order valence-electron chi connectivity index (χ3n) is 5.58. The molecule has 1 aliphatic heterocycles. The lowest BCUT2D eigenvalue weighted by Crippen LogP contribution is -2.51. The van der Waals surface area contributed by atoms with Gasteiger partial charge in [0.15, 0.2) is 0 Å². The number of phenolic OH excluding ortho intramolecular Hbond substituents is 1. The number of hydrogen-bond acceptors (Lipinski definition) is 5. The summed E-state index contributed by atoms with van der Waals surface area (Å²) in [6.07, 6.45) is -0.113. The van der Waals surface area contributed by atoms with E-state index in [1.165, 1.54) is 5.56 Å². The van der Waals surface area contributed by atoms with Crippen LogP contribution in [-0.4, -0.2) is 42.5 Å². The van der Waals surface area contributed by atoms with Crippen LogP contribution in [0.25, 0.3) is 0 Å². The molecule has 1 heterocycles. The number of phenols is 1. The van der Waals surface area contributed by atoms with Crippen molar-refractivity contribution in [3.05, 3.63) is 53.1 Å². The Balaban J connectivity index is 0.00000320. The first kappa shape index (κ1) is 24.3. The number of rotatable bonds is 7. The molecule has 3 rings (SSSR count). The van der Waals surface area contributed by atoms with Crippen molar-refractivity contribution in [2.24, 2.45) is 0 Å². The standard InChI is InChI=1S/C24H34N2O3.ClH/c1-6-28-23-10-8-7-9-19(23)21-15-25-11-12-26(21)18(5)29-24-13-17(4)22(27)14-20(24)16(2)3;/h7-10,13-14,16,18,21,25,27H,6,11-12,15H2,1-5H3;1H. The van der Waals surface area contributed by atoms with Gasteiger partial charge in [0.05, 0.1) is 12.6 Å². The van der Waals surface area contributed by atoms with Gasteiger partial charge in [-0.25, -0.2) is 0 Å². The second-order valence-electron chi connectivity index (χ2n) is 7.98. The number of aromatic hydroxyl groups is 1. The van der Waals surface area contributed by atoms with Crippen molar-refractivity contribution in [1.82, 2.24) is 10.2 Å². The minimum Gasteiger partial charge on any atom is -0.508 e. The molecule has 2 unspecified atom stereocenters. The molecule has 30 heavy (non-hydrogen) atoms. The number of nitrogens with one attached hydrogen (secondary N) is 1. The van der Waals surface area contributed by atoms with Gasteiger partial charge in [-0.15, -0.1) is 12.4 Å². The van der Waals surface area contributed by atoms with Crippen molar-refractivity contribution in [1.29, 1.82) is 0 Å². The minimum atomic E-state index is -0.113. The highest BCUT2D eigenvalue weighted by molar-refractivity contribution is 5.85. The molecule has 5 nitrogen and oxygen atoms in total. The van der Waals surface area contributed by atoms with Gasteiger partial charge >= 0.3 is 0 Å². The fourth-order valence-electron chi connectivity index (χ4n) is 3.98. The predicted molar refractivity (Wildman–Crippen MR) is 124 cm³/mol. The summed E-state index contributed by atoms with van der Waals surface area (Å²) in [6, 6.07) is 12.2. The Morgan fingerprint density at radius 1 is 1.17 bits per heavy atom. The number of nitrogens with zero attached hydrogens (tertiary/aromatic N) is 1. The van der Waals surface area contributed by atoms with Crippen LogP contribution < -0.4 is 14.8 Å². The fourth-order valence-corrected chi connectivity index (χ4v) is 3.98. The first-order valence-electron chi connectivity index (χ1n) is 10.6. The Hall–Kier alpha value is -1.95. The van der Waals surface area contributed by atoms with E-state index in [-0.39, 0.29) is 30.6 Å². The van der Waals surface area contributed by atoms with Crippen molar-refractivity contribution in [2.75, 3.05) is 26.2 Å². The van der Waals surface area contributed by atoms with E-state index >= 15 is 0 Å². The average molecular weight is 435 g/mol. The zero-order valence-corrected chi connectivity index (χ0v) is 19.5. The van der Waals surface area contributed by atoms with Crippen molar-refractivity contribution in [3.8, 4) is 17.2 Å². The molecule has 6 heteroatoms. The second kappa shape index (κ2) is 10.9. The van der Waals surface area contributed by atoms with Gasteiger partial charge in [0.1, 0.15) is 23.5 Å². The minimum absolute atomic E-state index is 0. The highest BCUT2D eigenvalue weighted by Gasteiger charge is 2.31. The normalized spacial score (nSPS) is 18.0. The summed E-state index contributed by atoms with van der Waals surface area (Å²) >= 11 is 0. The number of hydrogen-bond donors (Lipinski definition) is 2. The van der Waals surface area contributed by atoms with Gasteiger partial charge in [0.2, 0.25) is 0 Å². The van der Waals surface area contributed by atoms with Gasteiger partial charge in [0, 0.05) is 30.8 Å². The number of halogens is 1. The van der Waals surface area contributed by atoms with Crippen molar-refractivity contribution in [2.45, 2.75) is 52.8 Å². The number of piperazine rings is 1. The Labute approximate surface area is 186 Å². The molecule has 166 valence electrons. The molecular weight excluding hydrogens is 400 g/mol. The lowest BCUT2D eigenvalue weighted by Gasteiger charge is -2.40. The second-order valence-corrected chi connectivity index (χ2v) is 7.98. The molecule has 0 spiro atoms. The molecule has 1 fully saturated rings. The monoisotopic (exact) mass is 434 g/mol. The van der Waals surface area contributed by atoms with E-state index in [4.69, 9.17) is 9.47 Å². The van der Waals surface area contributed by atoms with Crippen LogP contribution in [0.15, 0.2) is 36.4 Å². The van der Waals surface area contributed by atoms with E-state index in [2.05, 4.69) is 43.1 Å². The SMILES string of the molecule is CCOc1ccccc1C1CNCCN1C(C)Oc1cc(C)c(O)cc1C(C)C.Cl. The zero-order valence-electron chi connectivity index (χ0n) is 18.6. The molecule has 2 aromatic rings. The number of para-hydroxylation sites is 1. The molecule has 2 atom stereocenters. The summed E-state index contributed by atoms with van der Waals surface area (Å²) in [4.78, 5) is 2.39. The van der Waals surface area contributed by atoms with Crippen LogP contribution in [0.5, 0.6) is 17.2 Å². The van der Waals surface area contributed by atoms with Crippen molar-refractivity contribution >= 4 is 12.4 Å². The third-order valence-corrected chi connectivity index (χ3v) is 5.58. The first-order valence-corrected chi connectivity index (χ1v) is 10.6. The zero-order chi connectivity index (χ0) is 21.0. The largest absolute Gasteiger partial charge is 0.508 e. The molecule has 1 saturated heterocycles. The summed E-state index contributed by atoms with van der Waals surface area (Å²) < 4.78 is 12.4. The lowest BCUT2D eigenvalue weighted by molar-refractivity contribution is -0.00714. The van der Waals surface area contributed by atoms with Crippen LogP contribution in [0, 0.1) is 6.92 Å². The Kier molecular flexibility index (Phi) is 8.83. The lowest BCUT2D eigenvalue weighted by atomic mass is 9.99. The molecule has 2 aromatic carbocycles. The van der Waals surface area contributed by atoms with Crippen LogP contribution in [-0.2, 0) is 0 Å². The average Bonchev–Trinajstić information content (AvgIpc) is 2.71. The maximum absolute atomic E-state index is 10.1. The number of aryl methyl sites for hydroxylation is 1. The predicted octanol–water partition coefficient (Wildman–Crippen LogP) is 5.02. The Bertz CT molecular complexity index is 828. The van der Waals surface area contributed by atoms with Crippen LogP contribution in [0.4, 0.5) is 0 Å². The molecule has 0 saturated carbocycles. The van der Waals surface area contributed by atoms with E-state index in [1.54, 1.807) is 0 Å². The third kappa shape index (κ3) is 5.39. The quantitative estimate of drug-likeness (QED) is 0.641. The topological polar surface area (TPSA) is 54.0 Å². The van der Waals surface area contributed by atoms with E-state index in [1.807, 2.05) is 38.1 Å². The van der Waals surface area contributed by atoms with Gasteiger partial charge < -0.3 is 19.9 Å². The Morgan fingerprint density at radius 3 is 2.60 bits per heavy atom. The molecule has 2 N–H and O–H groups in total. The summed E-state index contributed by atoms with van der Waals surface area (Å²) in [5.41, 5.74) is 3.04. The molecule has 0 amide bonds. The molecule has 1 aliphatic rings. The molecule has 0 aromatic heterocycles. The summed E-state index contributed by atoms with van der Waals surface area (Å²) in [6.45, 7) is 13.6. The van der Waals surface area contributed by atoms with E-state index < -0.39 is 0 Å². The van der Waals surface area contributed by atoms with Crippen LogP contribution in [0.2, 0.25) is 0 Å². The smallest absolute Gasteiger partial charge is 0.150 e.